The molecule has 7 heteroatoms. The molecule has 0 atom stereocenters. The molecule has 0 unspecified atom stereocenters. The predicted octanol–water partition coefficient (Wildman–Crippen LogP) is 1.24. The van der Waals surface area contributed by atoms with Crippen LogP contribution in [0, 0.1) is 10.1 Å². The Balaban J connectivity index is 2.68. The molecule has 0 aliphatic carbocycles. The number of phenolic OH excluding ortho intramolecular Hbond substituents is 1. The first-order chi connectivity index (χ1) is 8.40. The van der Waals surface area contributed by atoms with Crippen LogP contribution >= 0.6 is 0 Å². The second-order valence-corrected chi connectivity index (χ2v) is 4.04. The van der Waals surface area contributed by atoms with Gasteiger partial charge in [0.2, 0.25) is 5.91 Å². The van der Waals surface area contributed by atoms with Gasteiger partial charge in [-0.25, -0.2) is 0 Å². The third kappa shape index (κ3) is 4.02. The Labute approximate surface area is 104 Å². The lowest BCUT2D eigenvalue weighted by Gasteiger charge is -2.09. The van der Waals surface area contributed by atoms with Crippen molar-refractivity contribution in [2.75, 3.05) is 11.9 Å². The molecular formula is C11H15N3O4. The fourth-order valence-corrected chi connectivity index (χ4v) is 1.23. The lowest BCUT2D eigenvalue weighted by molar-refractivity contribution is -0.384. The number of nitrogens with zero attached hydrogens (tertiary/aromatic N) is 1. The van der Waals surface area contributed by atoms with E-state index in [9.17, 15) is 20.0 Å². The van der Waals surface area contributed by atoms with Gasteiger partial charge in [-0.3, -0.25) is 14.9 Å². The highest BCUT2D eigenvalue weighted by Gasteiger charge is 2.12. The maximum absolute atomic E-state index is 11.5. The molecule has 0 bridgehead atoms. The van der Waals surface area contributed by atoms with Crippen LogP contribution in [0.2, 0.25) is 0 Å². The van der Waals surface area contributed by atoms with E-state index in [-0.39, 0.29) is 35.6 Å². The summed E-state index contributed by atoms with van der Waals surface area (Å²) in [5.74, 6) is -0.657. The van der Waals surface area contributed by atoms with Crippen molar-refractivity contribution in [2.24, 2.45) is 0 Å². The fourth-order valence-electron chi connectivity index (χ4n) is 1.23. The molecule has 0 aliphatic heterocycles. The quantitative estimate of drug-likeness (QED) is 0.416. The first kappa shape index (κ1) is 13.9. The lowest BCUT2D eigenvalue weighted by Crippen LogP contribution is -2.32. The van der Waals surface area contributed by atoms with Crippen molar-refractivity contribution in [3.05, 3.63) is 28.3 Å². The predicted molar refractivity (Wildman–Crippen MR) is 66.5 cm³/mol. The molecule has 7 nitrogen and oxygen atoms in total. The maximum atomic E-state index is 11.5. The van der Waals surface area contributed by atoms with E-state index in [0.717, 1.165) is 6.07 Å². The molecule has 98 valence electrons. The van der Waals surface area contributed by atoms with E-state index in [1.807, 2.05) is 13.8 Å². The maximum Gasteiger partial charge on any atom is 0.273 e. The Kier molecular flexibility index (Phi) is 4.61. The van der Waals surface area contributed by atoms with Crippen molar-refractivity contribution in [1.82, 2.24) is 5.32 Å². The van der Waals surface area contributed by atoms with Crippen LogP contribution in [-0.2, 0) is 4.79 Å². The van der Waals surface area contributed by atoms with Crippen LogP contribution in [0.25, 0.3) is 0 Å². The highest BCUT2D eigenvalue weighted by Crippen LogP contribution is 2.27. The van der Waals surface area contributed by atoms with Gasteiger partial charge < -0.3 is 15.7 Å². The second-order valence-electron chi connectivity index (χ2n) is 4.04. The van der Waals surface area contributed by atoms with Crippen molar-refractivity contribution in [1.29, 1.82) is 0 Å². The summed E-state index contributed by atoms with van der Waals surface area (Å²) in [5, 5.41) is 25.4. The van der Waals surface area contributed by atoms with Crippen molar-refractivity contribution in [2.45, 2.75) is 19.9 Å². The normalized spacial score (nSPS) is 10.4. The first-order valence-corrected chi connectivity index (χ1v) is 5.41. The molecule has 0 aromatic heterocycles. The minimum Gasteiger partial charge on any atom is -0.506 e. The van der Waals surface area contributed by atoms with Gasteiger partial charge in [0.1, 0.15) is 5.75 Å². The minimum absolute atomic E-state index is 0.105. The molecule has 18 heavy (non-hydrogen) atoms. The Morgan fingerprint density at radius 1 is 1.50 bits per heavy atom. The number of nitro groups is 1. The van der Waals surface area contributed by atoms with Crippen molar-refractivity contribution < 1.29 is 14.8 Å². The molecule has 0 spiro atoms. The minimum atomic E-state index is -0.619. The molecule has 1 aromatic carbocycles. The van der Waals surface area contributed by atoms with Crippen molar-refractivity contribution in [3.8, 4) is 5.75 Å². The number of carbonyl (C=O) groups is 1. The number of rotatable bonds is 5. The number of aromatic hydroxyl groups is 1. The number of hydrogen-bond donors (Lipinski definition) is 3. The number of carbonyl (C=O) groups excluding carboxylic acids is 1. The van der Waals surface area contributed by atoms with E-state index in [1.165, 1.54) is 12.1 Å². The highest BCUT2D eigenvalue weighted by atomic mass is 16.6. The van der Waals surface area contributed by atoms with E-state index in [4.69, 9.17) is 0 Å². The summed E-state index contributed by atoms with van der Waals surface area (Å²) >= 11 is 0. The van der Waals surface area contributed by atoms with Crippen molar-refractivity contribution >= 4 is 17.3 Å². The second kappa shape index (κ2) is 5.97. The van der Waals surface area contributed by atoms with Crippen LogP contribution in [0.4, 0.5) is 11.4 Å². The molecule has 0 saturated carbocycles. The van der Waals surface area contributed by atoms with E-state index in [1.54, 1.807) is 0 Å². The number of nitro benzene ring substituents is 1. The van der Waals surface area contributed by atoms with Crippen LogP contribution in [-0.4, -0.2) is 28.5 Å². The van der Waals surface area contributed by atoms with Gasteiger partial charge in [-0.05, 0) is 6.07 Å². The van der Waals surface area contributed by atoms with E-state index in [2.05, 4.69) is 10.6 Å². The molecule has 0 aliphatic rings. The van der Waals surface area contributed by atoms with Crippen LogP contribution in [0.5, 0.6) is 5.75 Å². The third-order valence-corrected chi connectivity index (χ3v) is 2.14. The number of amides is 1. The SMILES string of the molecule is CC(C)NCC(=O)Nc1ccc([N+](=O)[O-])cc1O. The highest BCUT2D eigenvalue weighted by molar-refractivity contribution is 5.93. The van der Waals surface area contributed by atoms with Gasteiger partial charge in [-0.1, -0.05) is 13.8 Å². The average Bonchev–Trinajstić information content (AvgIpc) is 2.29. The van der Waals surface area contributed by atoms with Crippen molar-refractivity contribution in [3.63, 3.8) is 0 Å². The van der Waals surface area contributed by atoms with Gasteiger partial charge in [-0.15, -0.1) is 0 Å². The number of nitrogens with one attached hydrogen (secondary N) is 2. The first-order valence-electron chi connectivity index (χ1n) is 5.41. The average molecular weight is 253 g/mol. The summed E-state index contributed by atoms with van der Waals surface area (Å²) in [6.07, 6.45) is 0. The van der Waals surface area contributed by atoms with E-state index < -0.39 is 4.92 Å². The van der Waals surface area contributed by atoms with Crippen LogP contribution in [0.15, 0.2) is 18.2 Å². The third-order valence-electron chi connectivity index (χ3n) is 2.14. The molecule has 0 saturated heterocycles. The Morgan fingerprint density at radius 2 is 2.17 bits per heavy atom. The molecule has 1 rings (SSSR count). The smallest absolute Gasteiger partial charge is 0.273 e. The Bertz CT molecular complexity index is 460. The summed E-state index contributed by atoms with van der Waals surface area (Å²) in [5.41, 5.74) is -0.0815. The summed E-state index contributed by atoms with van der Waals surface area (Å²) in [7, 11) is 0. The largest absolute Gasteiger partial charge is 0.506 e. The summed E-state index contributed by atoms with van der Waals surface area (Å²) in [6.45, 7) is 3.90. The fraction of sp³-hybridized carbons (Fsp3) is 0.364. The lowest BCUT2D eigenvalue weighted by atomic mass is 10.2. The summed E-state index contributed by atoms with van der Waals surface area (Å²) in [4.78, 5) is 21.3. The van der Waals surface area contributed by atoms with E-state index >= 15 is 0 Å². The zero-order chi connectivity index (χ0) is 13.7. The van der Waals surface area contributed by atoms with Gasteiger partial charge in [0.15, 0.2) is 0 Å². The van der Waals surface area contributed by atoms with Crippen LogP contribution in [0.1, 0.15) is 13.8 Å². The number of phenols is 1. The Hall–Kier alpha value is -2.15. The molecule has 3 N–H and O–H groups in total. The molecular weight excluding hydrogens is 238 g/mol. The topological polar surface area (TPSA) is 104 Å². The van der Waals surface area contributed by atoms with Gasteiger partial charge in [-0.2, -0.15) is 0 Å². The van der Waals surface area contributed by atoms with Gasteiger partial charge in [0.05, 0.1) is 23.2 Å². The van der Waals surface area contributed by atoms with Gasteiger partial charge >= 0.3 is 0 Å². The summed E-state index contributed by atoms with van der Waals surface area (Å²) in [6, 6.07) is 3.67. The zero-order valence-electron chi connectivity index (χ0n) is 10.1. The number of non-ortho nitro benzene ring substituents is 1. The number of anilines is 1. The standard InChI is InChI=1S/C11H15N3O4/c1-7(2)12-6-11(16)13-9-4-3-8(14(17)18)5-10(9)15/h3-5,7,12,15H,6H2,1-2H3,(H,13,16). The van der Waals surface area contributed by atoms with Gasteiger partial charge in [0, 0.05) is 12.1 Å². The molecule has 1 amide bonds. The molecule has 0 radical (unpaired) electrons. The van der Waals surface area contributed by atoms with Gasteiger partial charge in [0.25, 0.3) is 5.69 Å². The monoisotopic (exact) mass is 253 g/mol. The molecule has 1 aromatic rings. The van der Waals surface area contributed by atoms with Crippen LogP contribution in [0.3, 0.4) is 0 Å². The molecule has 0 heterocycles. The van der Waals surface area contributed by atoms with Crippen LogP contribution < -0.4 is 10.6 Å². The number of benzene rings is 1. The Morgan fingerprint density at radius 3 is 2.67 bits per heavy atom. The molecule has 0 fully saturated rings. The number of hydrogen-bond acceptors (Lipinski definition) is 5. The summed E-state index contributed by atoms with van der Waals surface area (Å²) < 4.78 is 0. The zero-order valence-corrected chi connectivity index (χ0v) is 10.1. The van der Waals surface area contributed by atoms with E-state index in [0.29, 0.717) is 0 Å².